The van der Waals surface area contributed by atoms with Crippen LogP contribution in [0.4, 0.5) is 4.79 Å². The van der Waals surface area contributed by atoms with Gasteiger partial charge in [0.2, 0.25) is 0 Å². The van der Waals surface area contributed by atoms with Crippen LogP contribution in [0.3, 0.4) is 0 Å². The topological polar surface area (TPSA) is 64.3 Å². The van der Waals surface area contributed by atoms with Crippen molar-refractivity contribution < 1.29 is 9.53 Å². The van der Waals surface area contributed by atoms with Crippen molar-refractivity contribution in [3.05, 3.63) is 72.9 Å². The number of carbonyl (C=O) groups is 1. The molecule has 0 atom stereocenters. The average Bonchev–Trinajstić information content (AvgIpc) is 2.52. The number of nitrogens with two attached hydrogens (primary N) is 1. The van der Waals surface area contributed by atoms with Gasteiger partial charge in [-0.05, 0) is 38.3 Å². The first-order valence-corrected chi connectivity index (χ1v) is 7.97. The molecule has 0 radical (unpaired) electrons. The molecule has 1 aromatic carbocycles. The second kappa shape index (κ2) is 12.1. The summed E-state index contributed by atoms with van der Waals surface area (Å²) >= 11 is 0. The number of hydrogen-bond acceptors (Lipinski definition) is 3. The van der Waals surface area contributed by atoms with Gasteiger partial charge >= 0.3 is 6.09 Å². The van der Waals surface area contributed by atoms with Gasteiger partial charge in [-0.1, -0.05) is 61.7 Å². The molecule has 0 fully saturated rings. The second-order valence-electron chi connectivity index (χ2n) is 6.06. The Bertz CT molecular complexity index is 528. The minimum Gasteiger partial charge on any atom is -0.444 e. The highest BCUT2D eigenvalue weighted by Gasteiger charge is 2.14. The zero-order valence-electron chi connectivity index (χ0n) is 15.0. The molecule has 132 valence electrons. The van der Waals surface area contributed by atoms with Crippen molar-refractivity contribution in [2.24, 2.45) is 5.73 Å². The monoisotopic (exact) mass is 330 g/mol. The zero-order chi connectivity index (χ0) is 18.4. The predicted molar refractivity (Wildman–Crippen MR) is 102 cm³/mol. The average molecular weight is 330 g/mol. The third kappa shape index (κ3) is 12.2. The number of carbonyl (C=O) groups excluding carboxylic acids is 1. The molecule has 0 aliphatic heterocycles. The molecule has 0 aliphatic carbocycles. The molecule has 4 nitrogen and oxygen atoms in total. The normalized spacial score (nSPS) is 10.9. The van der Waals surface area contributed by atoms with E-state index in [0.717, 1.165) is 6.42 Å². The number of hydrogen-bond donors (Lipinski definition) is 2. The van der Waals surface area contributed by atoms with Crippen molar-refractivity contribution in [1.82, 2.24) is 5.32 Å². The Morgan fingerprint density at radius 3 is 2.33 bits per heavy atom. The summed E-state index contributed by atoms with van der Waals surface area (Å²) in [6.45, 7) is 13.8. The van der Waals surface area contributed by atoms with Crippen molar-refractivity contribution in [1.29, 1.82) is 0 Å². The van der Waals surface area contributed by atoms with E-state index in [1.54, 1.807) is 6.08 Å². The van der Waals surface area contributed by atoms with E-state index in [9.17, 15) is 4.79 Å². The van der Waals surface area contributed by atoms with E-state index in [1.165, 1.54) is 11.1 Å². The summed E-state index contributed by atoms with van der Waals surface area (Å²) in [5.41, 5.74) is 7.24. The van der Waals surface area contributed by atoms with Gasteiger partial charge in [0.15, 0.2) is 0 Å². The summed E-state index contributed by atoms with van der Waals surface area (Å²) in [5, 5.41) is 2.50. The molecule has 24 heavy (non-hydrogen) atoms. The van der Waals surface area contributed by atoms with Crippen LogP contribution in [0.15, 0.2) is 67.3 Å². The molecule has 3 N–H and O–H groups in total. The molecule has 0 aromatic heterocycles. The van der Waals surface area contributed by atoms with Crippen LogP contribution in [0.1, 0.15) is 26.3 Å². The third-order valence-corrected chi connectivity index (χ3v) is 2.66. The number of benzene rings is 1. The van der Waals surface area contributed by atoms with E-state index in [-0.39, 0.29) is 0 Å². The summed E-state index contributed by atoms with van der Waals surface area (Å²) in [4.78, 5) is 10.8. The van der Waals surface area contributed by atoms with Crippen LogP contribution >= 0.6 is 0 Å². The van der Waals surface area contributed by atoms with Gasteiger partial charge in [0.05, 0.1) is 0 Å². The van der Waals surface area contributed by atoms with Gasteiger partial charge in [-0.15, -0.1) is 0 Å². The molecular weight excluding hydrogens is 300 g/mol. The molecule has 0 saturated carbocycles. The lowest BCUT2D eigenvalue weighted by Gasteiger charge is -2.19. The molecule has 4 heteroatoms. The fourth-order valence-electron chi connectivity index (χ4n) is 1.67. The van der Waals surface area contributed by atoms with Crippen LogP contribution in [0.2, 0.25) is 0 Å². The fraction of sp³-hybridized carbons (Fsp3) is 0.350. The van der Waals surface area contributed by atoms with Gasteiger partial charge in [-0.25, -0.2) is 4.79 Å². The summed E-state index contributed by atoms with van der Waals surface area (Å²) in [5.74, 6) is 0. The predicted octanol–water partition coefficient (Wildman–Crippen LogP) is 4.00. The maximum absolute atomic E-state index is 10.8. The minimum atomic E-state index is -0.432. The highest BCUT2D eigenvalue weighted by molar-refractivity contribution is 5.67. The largest absolute Gasteiger partial charge is 0.444 e. The van der Waals surface area contributed by atoms with Gasteiger partial charge in [-0.2, -0.15) is 0 Å². The molecule has 1 amide bonds. The Kier molecular flexibility index (Phi) is 11.0. The molecule has 0 spiro atoms. The Balaban J connectivity index is 0.000000449. The lowest BCUT2D eigenvalue weighted by molar-refractivity contribution is 0.0529. The van der Waals surface area contributed by atoms with Gasteiger partial charge < -0.3 is 15.8 Å². The van der Waals surface area contributed by atoms with Gasteiger partial charge in [0.25, 0.3) is 0 Å². The van der Waals surface area contributed by atoms with Crippen molar-refractivity contribution in [3.8, 4) is 0 Å². The van der Waals surface area contributed by atoms with Crippen LogP contribution in [0, 0.1) is 0 Å². The molecular formula is C20H30N2O2. The first-order valence-electron chi connectivity index (χ1n) is 7.97. The number of allylic oxidation sites excluding steroid dienone is 4. The first kappa shape index (κ1) is 21.7. The molecule has 0 bridgehead atoms. The Labute approximate surface area is 146 Å². The minimum absolute atomic E-state index is 0.414. The van der Waals surface area contributed by atoms with Crippen LogP contribution in [-0.4, -0.2) is 24.8 Å². The third-order valence-electron chi connectivity index (χ3n) is 2.66. The summed E-state index contributed by atoms with van der Waals surface area (Å²) in [6.07, 6.45) is 6.16. The SMILES string of the molecule is C=C/C=C(\C=C)Cc1ccccc1.CC(C)(C)OC(=O)NCCN. The number of ether oxygens (including phenoxy) is 1. The van der Waals surface area contributed by atoms with E-state index >= 15 is 0 Å². The number of alkyl carbamates (subject to hydrolysis) is 1. The smallest absolute Gasteiger partial charge is 0.407 e. The lowest BCUT2D eigenvalue weighted by atomic mass is 10.1. The van der Waals surface area contributed by atoms with Gasteiger partial charge in [0.1, 0.15) is 5.60 Å². The zero-order valence-corrected chi connectivity index (χ0v) is 15.0. The number of rotatable bonds is 6. The lowest BCUT2D eigenvalue weighted by Crippen LogP contribution is -2.35. The van der Waals surface area contributed by atoms with E-state index in [2.05, 4.69) is 30.6 Å². The summed E-state index contributed by atoms with van der Waals surface area (Å²) in [7, 11) is 0. The van der Waals surface area contributed by atoms with E-state index < -0.39 is 11.7 Å². The van der Waals surface area contributed by atoms with Crippen LogP contribution in [0.25, 0.3) is 0 Å². The van der Waals surface area contributed by atoms with E-state index in [4.69, 9.17) is 10.5 Å². The van der Waals surface area contributed by atoms with Crippen LogP contribution in [-0.2, 0) is 11.2 Å². The molecule has 0 heterocycles. The standard InChI is InChI=1S/C13H14.C7H16N2O2/c1-3-8-12(4-2)11-13-9-6-5-7-10-13;1-7(2,3)11-6(10)9-5-4-8/h3-10H,1-2,11H2;4-5,8H2,1-3H3,(H,9,10)/b12-8+;. The Morgan fingerprint density at radius 2 is 1.88 bits per heavy atom. The second-order valence-corrected chi connectivity index (χ2v) is 6.06. The number of nitrogens with one attached hydrogen (secondary N) is 1. The quantitative estimate of drug-likeness (QED) is 0.775. The molecule has 0 saturated heterocycles. The molecule has 0 aliphatic rings. The highest BCUT2D eigenvalue weighted by Crippen LogP contribution is 2.08. The van der Waals surface area contributed by atoms with Gasteiger partial charge in [-0.3, -0.25) is 0 Å². The van der Waals surface area contributed by atoms with Crippen molar-refractivity contribution >= 4 is 6.09 Å². The Morgan fingerprint density at radius 1 is 1.25 bits per heavy atom. The van der Waals surface area contributed by atoms with E-state index in [0.29, 0.717) is 13.1 Å². The first-order chi connectivity index (χ1) is 11.3. The van der Waals surface area contributed by atoms with Crippen LogP contribution in [0.5, 0.6) is 0 Å². The number of amides is 1. The molecule has 1 aromatic rings. The highest BCUT2D eigenvalue weighted by atomic mass is 16.6. The van der Waals surface area contributed by atoms with Crippen molar-refractivity contribution in [3.63, 3.8) is 0 Å². The van der Waals surface area contributed by atoms with Crippen molar-refractivity contribution in [2.75, 3.05) is 13.1 Å². The maximum atomic E-state index is 10.8. The molecule has 0 unspecified atom stereocenters. The van der Waals surface area contributed by atoms with Crippen LogP contribution < -0.4 is 11.1 Å². The maximum Gasteiger partial charge on any atom is 0.407 e. The molecule has 1 rings (SSSR count). The summed E-state index contributed by atoms with van der Waals surface area (Å²) < 4.78 is 4.93. The summed E-state index contributed by atoms with van der Waals surface area (Å²) in [6, 6.07) is 10.3. The van der Waals surface area contributed by atoms with Crippen molar-refractivity contribution in [2.45, 2.75) is 32.8 Å². The fourth-order valence-corrected chi connectivity index (χ4v) is 1.67. The Hall–Kier alpha value is -2.33. The van der Waals surface area contributed by atoms with E-state index in [1.807, 2.05) is 51.1 Å². The van der Waals surface area contributed by atoms with Gasteiger partial charge in [0, 0.05) is 13.1 Å².